The van der Waals surface area contributed by atoms with Crippen LogP contribution in [-0.4, -0.2) is 27.3 Å². The fraction of sp³-hybridized carbons (Fsp3) is 0.381. The van der Waals surface area contributed by atoms with Crippen LogP contribution in [0.25, 0.3) is 10.8 Å². The Kier molecular flexibility index (Phi) is 5.05. The number of benzene rings is 2. The van der Waals surface area contributed by atoms with Gasteiger partial charge in [-0.1, -0.05) is 43.2 Å². The second-order valence-electron chi connectivity index (χ2n) is 7.12. The molecule has 140 valence electrons. The molecule has 2 aromatic carbocycles. The lowest BCUT2D eigenvalue weighted by atomic mass is 10.1. The van der Waals surface area contributed by atoms with Crippen LogP contribution in [-0.2, 0) is 4.79 Å². The van der Waals surface area contributed by atoms with Crippen LogP contribution in [0.15, 0.2) is 48.8 Å². The summed E-state index contributed by atoms with van der Waals surface area (Å²) in [5, 5.41) is 13.5. The van der Waals surface area contributed by atoms with Crippen LogP contribution < -0.4 is 10.1 Å². The summed E-state index contributed by atoms with van der Waals surface area (Å²) in [6.07, 6.45) is 6.55. The van der Waals surface area contributed by atoms with E-state index < -0.39 is 0 Å². The molecule has 1 heterocycles. The van der Waals surface area contributed by atoms with Gasteiger partial charge in [0.15, 0.2) is 12.4 Å². The highest BCUT2D eigenvalue weighted by molar-refractivity contribution is 5.84. The largest absolute Gasteiger partial charge is 0.484 e. The van der Waals surface area contributed by atoms with Crippen molar-refractivity contribution in [1.82, 2.24) is 20.1 Å². The van der Waals surface area contributed by atoms with Gasteiger partial charge in [-0.15, -0.1) is 10.2 Å². The van der Waals surface area contributed by atoms with Crippen LogP contribution >= 0.6 is 0 Å². The molecule has 0 saturated heterocycles. The van der Waals surface area contributed by atoms with Crippen LogP contribution in [0, 0.1) is 0 Å². The van der Waals surface area contributed by atoms with Crippen molar-refractivity contribution in [2.75, 3.05) is 6.61 Å². The number of nitrogens with one attached hydrogen (secondary N) is 1. The van der Waals surface area contributed by atoms with Gasteiger partial charge < -0.3 is 14.6 Å². The predicted octanol–water partition coefficient (Wildman–Crippen LogP) is 3.80. The number of hydrogen-bond donors (Lipinski definition) is 1. The molecule has 0 unspecified atom stereocenters. The summed E-state index contributed by atoms with van der Waals surface area (Å²) in [7, 11) is 0. The lowest BCUT2D eigenvalue weighted by molar-refractivity contribution is -0.123. The highest BCUT2D eigenvalue weighted by Gasteiger charge is 2.23. The summed E-state index contributed by atoms with van der Waals surface area (Å²) in [5.74, 6) is 1.32. The van der Waals surface area contributed by atoms with Crippen LogP contribution in [0.4, 0.5) is 0 Å². The summed E-state index contributed by atoms with van der Waals surface area (Å²) < 4.78 is 7.78. The predicted molar refractivity (Wildman–Crippen MR) is 104 cm³/mol. The third-order valence-corrected chi connectivity index (χ3v) is 5.17. The smallest absolute Gasteiger partial charge is 0.258 e. The third-order valence-electron chi connectivity index (χ3n) is 5.17. The van der Waals surface area contributed by atoms with E-state index in [1.54, 1.807) is 6.33 Å². The summed E-state index contributed by atoms with van der Waals surface area (Å²) in [4.78, 5) is 12.3. The zero-order valence-corrected chi connectivity index (χ0v) is 15.5. The number of carbonyl (C=O) groups excluding carboxylic acids is 1. The molecule has 0 radical (unpaired) electrons. The van der Waals surface area contributed by atoms with Crippen molar-refractivity contribution in [2.45, 2.75) is 44.7 Å². The zero-order chi connectivity index (χ0) is 18.6. The molecular formula is C21H24N4O2. The molecule has 4 rings (SSSR count). The number of ether oxygens (including phenoxy) is 1. The van der Waals surface area contributed by atoms with Gasteiger partial charge in [-0.05, 0) is 42.7 Å². The maximum Gasteiger partial charge on any atom is 0.258 e. The number of fused-ring (bicyclic) bond motifs is 1. The number of rotatable bonds is 6. The van der Waals surface area contributed by atoms with E-state index in [4.69, 9.17) is 4.74 Å². The second kappa shape index (κ2) is 7.78. The normalized spacial score (nSPS) is 15.7. The Morgan fingerprint density at radius 1 is 1.22 bits per heavy atom. The van der Waals surface area contributed by atoms with E-state index >= 15 is 0 Å². The number of nitrogens with zero attached hydrogens (tertiary/aromatic N) is 3. The van der Waals surface area contributed by atoms with Gasteiger partial charge in [0.1, 0.15) is 12.1 Å². The first kappa shape index (κ1) is 17.5. The summed E-state index contributed by atoms with van der Waals surface area (Å²) in [5.41, 5.74) is 0. The maximum atomic E-state index is 12.3. The Labute approximate surface area is 158 Å². The van der Waals surface area contributed by atoms with E-state index in [0.717, 1.165) is 29.4 Å². The van der Waals surface area contributed by atoms with Crippen molar-refractivity contribution in [1.29, 1.82) is 0 Å². The van der Waals surface area contributed by atoms with Crippen molar-refractivity contribution >= 4 is 16.7 Å². The summed E-state index contributed by atoms with van der Waals surface area (Å²) >= 11 is 0. The highest BCUT2D eigenvalue weighted by atomic mass is 16.5. The molecule has 1 atom stereocenters. The van der Waals surface area contributed by atoms with Gasteiger partial charge >= 0.3 is 0 Å². The molecule has 3 aromatic rings. The first-order valence-corrected chi connectivity index (χ1v) is 9.51. The number of aromatic nitrogens is 3. The summed E-state index contributed by atoms with van der Waals surface area (Å²) in [6, 6.07) is 14.1. The molecule has 27 heavy (non-hydrogen) atoms. The molecule has 1 saturated carbocycles. The first-order valence-electron chi connectivity index (χ1n) is 9.51. The van der Waals surface area contributed by atoms with Crippen molar-refractivity contribution in [3.05, 3.63) is 54.6 Å². The monoisotopic (exact) mass is 364 g/mol. The van der Waals surface area contributed by atoms with Crippen LogP contribution in [0.1, 0.15) is 50.5 Å². The van der Waals surface area contributed by atoms with E-state index in [1.807, 2.05) is 49.4 Å². The lowest BCUT2D eigenvalue weighted by Gasteiger charge is -2.18. The van der Waals surface area contributed by atoms with Gasteiger partial charge in [0.2, 0.25) is 0 Å². The quantitative estimate of drug-likeness (QED) is 0.722. The zero-order valence-electron chi connectivity index (χ0n) is 15.5. The molecule has 1 aromatic heterocycles. The van der Waals surface area contributed by atoms with Gasteiger partial charge in [-0.2, -0.15) is 0 Å². The van der Waals surface area contributed by atoms with Gasteiger partial charge in [0, 0.05) is 6.04 Å². The standard InChI is InChI=1S/C21H24N4O2/c1-15(21-24-22-14-25(21)18-8-4-5-9-18)23-20(26)13-27-19-11-10-16-6-2-3-7-17(16)12-19/h2-3,6-7,10-12,14-15,18H,4-5,8-9,13H2,1H3,(H,23,26)/t15-/m1/s1. The molecule has 1 aliphatic rings. The van der Waals surface area contributed by atoms with E-state index in [1.165, 1.54) is 12.8 Å². The Bertz CT molecular complexity index is 931. The van der Waals surface area contributed by atoms with Gasteiger partial charge in [-0.3, -0.25) is 4.79 Å². The molecule has 6 nitrogen and oxygen atoms in total. The molecule has 0 bridgehead atoms. The van der Waals surface area contributed by atoms with E-state index in [2.05, 4.69) is 20.1 Å². The van der Waals surface area contributed by atoms with E-state index in [-0.39, 0.29) is 18.6 Å². The Morgan fingerprint density at radius 3 is 2.81 bits per heavy atom. The summed E-state index contributed by atoms with van der Waals surface area (Å²) in [6.45, 7) is 1.91. The number of amides is 1. The Balaban J connectivity index is 1.35. The minimum atomic E-state index is -0.208. The molecule has 1 N–H and O–H groups in total. The minimum absolute atomic E-state index is 0.0275. The van der Waals surface area contributed by atoms with Crippen molar-refractivity contribution in [3.63, 3.8) is 0 Å². The van der Waals surface area contributed by atoms with E-state index in [0.29, 0.717) is 11.8 Å². The molecule has 1 amide bonds. The van der Waals surface area contributed by atoms with E-state index in [9.17, 15) is 4.79 Å². The topological polar surface area (TPSA) is 69.0 Å². The van der Waals surface area contributed by atoms with Gasteiger partial charge in [-0.25, -0.2) is 0 Å². The average molecular weight is 364 g/mol. The molecule has 0 spiro atoms. The third kappa shape index (κ3) is 3.94. The van der Waals surface area contributed by atoms with Crippen molar-refractivity contribution < 1.29 is 9.53 Å². The highest BCUT2D eigenvalue weighted by Crippen LogP contribution is 2.31. The van der Waals surface area contributed by atoms with Crippen LogP contribution in [0.2, 0.25) is 0 Å². The van der Waals surface area contributed by atoms with Gasteiger partial charge in [0.25, 0.3) is 5.91 Å². The molecule has 0 aliphatic heterocycles. The average Bonchev–Trinajstić information content (AvgIpc) is 3.37. The first-order chi connectivity index (χ1) is 13.2. The fourth-order valence-corrected chi connectivity index (χ4v) is 3.78. The molecule has 1 aliphatic carbocycles. The van der Waals surface area contributed by atoms with Crippen molar-refractivity contribution in [3.8, 4) is 5.75 Å². The van der Waals surface area contributed by atoms with Crippen LogP contribution in [0.3, 0.4) is 0 Å². The number of hydrogen-bond acceptors (Lipinski definition) is 4. The minimum Gasteiger partial charge on any atom is -0.484 e. The molecule has 1 fully saturated rings. The number of carbonyl (C=O) groups is 1. The SMILES string of the molecule is C[C@@H](NC(=O)COc1ccc2ccccc2c1)c1nncn1C1CCCC1. The fourth-order valence-electron chi connectivity index (χ4n) is 3.78. The molecule has 6 heteroatoms. The lowest BCUT2D eigenvalue weighted by Crippen LogP contribution is -2.33. The maximum absolute atomic E-state index is 12.3. The second-order valence-corrected chi connectivity index (χ2v) is 7.12. The Hall–Kier alpha value is -2.89. The van der Waals surface area contributed by atoms with Gasteiger partial charge in [0.05, 0.1) is 6.04 Å². The van der Waals surface area contributed by atoms with Crippen molar-refractivity contribution in [2.24, 2.45) is 0 Å². The Morgan fingerprint density at radius 2 is 2.00 bits per heavy atom. The molecular weight excluding hydrogens is 340 g/mol. The van der Waals surface area contributed by atoms with Crippen LogP contribution in [0.5, 0.6) is 5.75 Å².